The number of rotatable bonds is 9. The van der Waals surface area contributed by atoms with Gasteiger partial charge in [-0.15, -0.1) is 0 Å². The van der Waals surface area contributed by atoms with E-state index in [1.165, 1.54) is 0 Å². The standard InChI is InChI=1S/C20H33N7O3/c1-4-6-8-27-18-17(19(29)23-20(27)30)24(3)15(22-18)13-25-9-11-26(12-10-25)14-16(28)21-7-5-2/h4-14H2,1-3H3,(H,21,28)(H,23,29,30). The van der Waals surface area contributed by atoms with Crippen LogP contribution in [0.25, 0.3) is 11.2 Å². The molecule has 2 aromatic rings. The second-order valence-electron chi connectivity index (χ2n) is 7.93. The molecule has 2 N–H and O–H groups in total. The number of fused-ring (bicyclic) bond motifs is 1. The first-order chi connectivity index (χ1) is 14.4. The van der Waals surface area contributed by atoms with Crippen LogP contribution < -0.4 is 16.6 Å². The molecule has 0 bridgehead atoms. The van der Waals surface area contributed by atoms with E-state index in [2.05, 4.69) is 32.0 Å². The van der Waals surface area contributed by atoms with Crippen molar-refractivity contribution in [2.75, 3.05) is 39.3 Å². The summed E-state index contributed by atoms with van der Waals surface area (Å²) in [4.78, 5) is 48.1. The van der Waals surface area contributed by atoms with Gasteiger partial charge in [0.15, 0.2) is 11.2 Å². The third-order valence-corrected chi connectivity index (χ3v) is 5.61. The van der Waals surface area contributed by atoms with Crippen molar-refractivity contribution in [2.24, 2.45) is 7.05 Å². The molecule has 1 saturated heterocycles. The van der Waals surface area contributed by atoms with Gasteiger partial charge in [-0.25, -0.2) is 9.78 Å². The fourth-order valence-electron chi connectivity index (χ4n) is 3.79. The average Bonchev–Trinajstić information content (AvgIpc) is 3.04. The zero-order valence-electron chi connectivity index (χ0n) is 18.2. The maximum absolute atomic E-state index is 12.4. The molecule has 1 aliphatic rings. The van der Waals surface area contributed by atoms with Crippen LogP contribution in [0.1, 0.15) is 38.9 Å². The van der Waals surface area contributed by atoms with Crippen LogP contribution in [0.2, 0.25) is 0 Å². The molecule has 0 aliphatic carbocycles. The molecule has 0 saturated carbocycles. The van der Waals surface area contributed by atoms with Crippen LogP contribution in [0, 0.1) is 0 Å². The average molecular weight is 420 g/mol. The van der Waals surface area contributed by atoms with E-state index in [1.807, 2.05) is 14.0 Å². The second kappa shape index (κ2) is 10.0. The molecular weight excluding hydrogens is 386 g/mol. The third kappa shape index (κ3) is 4.99. The number of H-pyrrole nitrogens is 1. The minimum Gasteiger partial charge on any atom is -0.355 e. The number of piperazine rings is 1. The maximum atomic E-state index is 12.4. The number of aromatic amines is 1. The molecule has 0 radical (unpaired) electrons. The maximum Gasteiger partial charge on any atom is 0.330 e. The first kappa shape index (κ1) is 22.2. The van der Waals surface area contributed by atoms with Gasteiger partial charge in [0.25, 0.3) is 5.56 Å². The summed E-state index contributed by atoms with van der Waals surface area (Å²) in [5.74, 6) is 0.838. The van der Waals surface area contributed by atoms with Crippen LogP contribution in [0.15, 0.2) is 9.59 Å². The highest BCUT2D eigenvalue weighted by atomic mass is 16.2. The Bertz CT molecular complexity index is 983. The number of unbranched alkanes of at least 4 members (excludes halogenated alkanes) is 1. The Morgan fingerprint density at radius 2 is 1.80 bits per heavy atom. The van der Waals surface area contributed by atoms with Gasteiger partial charge in [-0.1, -0.05) is 20.3 Å². The number of nitrogens with one attached hydrogen (secondary N) is 2. The molecule has 10 heteroatoms. The molecule has 0 atom stereocenters. The molecule has 10 nitrogen and oxygen atoms in total. The van der Waals surface area contributed by atoms with Crippen molar-refractivity contribution in [3.63, 3.8) is 0 Å². The number of imidazole rings is 1. The van der Waals surface area contributed by atoms with Crippen molar-refractivity contribution in [1.29, 1.82) is 0 Å². The Balaban J connectivity index is 1.69. The van der Waals surface area contributed by atoms with Gasteiger partial charge in [0.05, 0.1) is 13.1 Å². The molecule has 0 spiro atoms. The van der Waals surface area contributed by atoms with E-state index in [4.69, 9.17) is 0 Å². The summed E-state index contributed by atoms with van der Waals surface area (Å²) in [5, 5.41) is 2.91. The topological polar surface area (TPSA) is 108 Å². The SMILES string of the molecule is CCCCn1c(=O)[nH]c(=O)c2c1nc(CN1CCN(CC(=O)NCCC)CC1)n2C. The van der Waals surface area contributed by atoms with Crippen molar-refractivity contribution in [3.8, 4) is 0 Å². The number of hydrogen-bond donors (Lipinski definition) is 2. The van der Waals surface area contributed by atoms with Crippen molar-refractivity contribution in [3.05, 3.63) is 26.7 Å². The van der Waals surface area contributed by atoms with Gasteiger partial charge in [-0.2, -0.15) is 0 Å². The first-order valence-corrected chi connectivity index (χ1v) is 10.8. The summed E-state index contributed by atoms with van der Waals surface area (Å²) in [5.41, 5.74) is 0.0975. The summed E-state index contributed by atoms with van der Waals surface area (Å²) >= 11 is 0. The lowest BCUT2D eigenvalue weighted by Gasteiger charge is -2.33. The Kier molecular flexibility index (Phi) is 7.43. The molecule has 3 heterocycles. The van der Waals surface area contributed by atoms with Crippen molar-refractivity contribution < 1.29 is 4.79 Å². The highest BCUT2D eigenvalue weighted by molar-refractivity contribution is 5.78. The Hall–Kier alpha value is -2.46. The molecule has 1 aliphatic heterocycles. The van der Waals surface area contributed by atoms with Gasteiger partial charge < -0.3 is 9.88 Å². The van der Waals surface area contributed by atoms with Gasteiger partial charge in [0, 0.05) is 46.3 Å². The fraction of sp³-hybridized carbons (Fsp3) is 0.700. The summed E-state index contributed by atoms with van der Waals surface area (Å²) in [6.07, 6.45) is 2.74. The van der Waals surface area contributed by atoms with Crippen molar-refractivity contribution in [1.82, 2.24) is 34.2 Å². The number of hydrogen-bond acceptors (Lipinski definition) is 6. The highest BCUT2D eigenvalue weighted by Gasteiger charge is 2.22. The lowest BCUT2D eigenvalue weighted by molar-refractivity contribution is -0.122. The van der Waals surface area contributed by atoms with E-state index in [-0.39, 0.29) is 5.91 Å². The van der Waals surface area contributed by atoms with E-state index in [0.717, 1.165) is 51.3 Å². The Morgan fingerprint density at radius 3 is 2.47 bits per heavy atom. The Labute approximate surface area is 175 Å². The zero-order chi connectivity index (χ0) is 21.7. The van der Waals surface area contributed by atoms with Crippen molar-refractivity contribution >= 4 is 17.1 Å². The first-order valence-electron chi connectivity index (χ1n) is 10.8. The lowest BCUT2D eigenvalue weighted by Crippen LogP contribution is -2.49. The zero-order valence-corrected chi connectivity index (χ0v) is 18.2. The summed E-state index contributed by atoms with van der Waals surface area (Å²) in [6, 6.07) is 0. The highest BCUT2D eigenvalue weighted by Crippen LogP contribution is 2.13. The number of amides is 1. The van der Waals surface area contributed by atoms with E-state index in [1.54, 1.807) is 9.13 Å². The molecule has 0 aromatic carbocycles. The van der Waals surface area contributed by atoms with E-state index in [9.17, 15) is 14.4 Å². The molecule has 2 aromatic heterocycles. The van der Waals surface area contributed by atoms with E-state index >= 15 is 0 Å². The smallest absolute Gasteiger partial charge is 0.330 e. The number of carbonyl (C=O) groups excluding carboxylic acids is 1. The van der Waals surface area contributed by atoms with Gasteiger partial charge in [0.2, 0.25) is 5.91 Å². The molecule has 166 valence electrons. The predicted octanol–water partition coefficient (Wildman–Crippen LogP) is -0.133. The predicted molar refractivity (Wildman–Crippen MR) is 116 cm³/mol. The molecule has 30 heavy (non-hydrogen) atoms. The lowest BCUT2D eigenvalue weighted by atomic mass is 10.3. The fourth-order valence-corrected chi connectivity index (χ4v) is 3.79. The minimum absolute atomic E-state index is 0.0740. The van der Waals surface area contributed by atoms with Crippen LogP contribution in [-0.4, -0.2) is 74.1 Å². The second-order valence-corrected chi connectivity index (χ2v) is 7.93. The molecular formula is C20H33N7O3. The summed E-state index contributed by atoms with van der Waals surface area (Å²) in [7, 11) is 1.82. The van der Waals surface area contributed by atoms with Crippen molar-refractivity contribution in [2.45, 2.75) is 46.2 Å². The summed E-state index contributed by atoms with van der Waals surface area (Å²) < 4.78 is 3.36. The van der Waals surface area contributed by atoms with Crippen LogP contribution >= 0.6 is 0 Å². The van der Waals surface area contributed by atoms with Crippen LogP contribution in [0.4, 0.5) is 0 Å². The largest absolute Gasteiger partial charge is 0.355 e. The van der Waals surface area contributed by atoms with Gasteiger partial charge >= 0.3 is 5.69 Å². The van der Waals surface area contributed by atoms with Gasteiger partial charge in [0.1, 0.15) is 5.82 Å². The van der Waals surface area contributed by atoms with E-state index in [0.29, 0.717) is 37.3 Å². The summed E-state index contributed by atoms with van der Waals surface area (Å²) in [6.45, 7) is 9.65. The Morgan fingerprint density at radius 1 is 1.10 bits per heavy atom. The monoisotopic (exact) mass is 419 g/mol. The number of aryl methyl sites for hydroxylation is 2. The van der Waals surface area contributed by atoms with Gasteiger partial charge in [-0.3, -0.25) is 28.9 Å². The molecule has 3 rings (SSSR count). The van der Waals surface area contributed by atoms with Crippen LogP contribution in [0.5, 0.6) is 0 Å². The number of nitrogens with zero attached hydrogens (tertiary/aromatic N) is 5. The van der Waals surface area contributed by atoms with Crippen LogP contribution in [-0.2, 0) is 24.9 Å². The number of carbonyl (C=O) groups is 1. The van der Waals surface area contributed by atoms with Crippen LogP contribution in [0.3, 0.4) is 0 Å². The molecule has 1 fully saturated rings. The van der Waals surface area contributed by atoms with Gasteiger partial charge in [-0.05, 0) is 12.8 Å². The number of aromatic nitrogens is 4. The van der Waals surface area contributed by atoms with E-state index < -0.39 is 11.2 Å². The minimum atomic E-state index is -0.402. The normalized spacial score (nSPS) is 15.7. The quantitative estimate of drug-likeness (QED) is 0.586. The molecule has 1 amide bonds. The third-order valence-electron chi connectivity index (χ3n) is 5.61. The molecule has 0 unspecified atom stereocenters.